The Morgan fingerprint density at radius 3 is 2.52 bits per heavy atom. The Hall–Kier alpha value is -2.43. The van der Waals surface area contributed by atoms with Gasteiger partial charge in [-0.1, -0.05) is 30.3 Å². The summed E-state index contributed by atoms with van der Waals surface area (Å²) in [6, 6.07) is 12.2. The molecule has 2 saturated heterocycles. The lowest BCUT2D eigenvalue weighted by atomic mass is 9.81. The van der Waals surface area contributed by atoms with Crippen molar-refractivity contribution in [1.82, 2.24) is 14.9 Å². The average molecular weight is 336 g/mol. The zero-order valence-corrected chi connectivity index (χ0v) is 14.9. The van der Waals surface area contributed by atoms with Gasteiger partial charge in [0.2, 0.25) is 5.91 Å². The second-order valence-corrected chi connectivity index (χ2v) is 7.29. The lowest BCUT2D eigenvalue weighted by Gasteiger charge is -2.43. The molecule has 0 unspecified atom stereocenters. The third kappa shape index (κ3) is 2.77. The second kappa shape index (κ2) is 6.14. The molecule has 0 radical (unpaired) electrons. The number of likely N-dealkylation sites (N-methyl/N-ethyl adjacent to an activating group) is 1. The van der Waals surface area contributed by atoms with Gasteiger partial charge < -0.3 is 9.80 Å². The number of carbonyl (C=O) groups excluding carboxylic acids is 1. The zero-order valence-electron chi connectivity index (χ0n) is 14.9. The fourth-order valence-corrected chi connectivity index (χ4v) is 4.32. The van der Waals surface area contributed by atoms with Crippen LogP contribution in [-0.2, 0) is 4.79 Å². The van der Waals surface area contributed by atoms with Crippen LogP contribution in [0.15, 0.2) is 42.7 Å². The predicted molar refractivity (Wildman–Crippen MR) is 97.5 cm³/mol. The number of aromatic nitrogens is 2. The monoisotopic (exact) mass is 336 g/mol. The molecule has 1 aromatic heterocycles. The molecule has 2 fully saturated rings. The number of nitrogens with zero attached hydrogens (tertiary/aromatic N) is 4. The smallest absolute Gasteiger partial charge is 0.230 e. The van der Waals surface area contributed by atoms with Crippen LogP contribution in [0.25, 0.3) is 0 Å². The third-order valence-electron chi connectivity index (χ3n) is 5.93. The fourth-order valence-electron chi connectivity index (χ4n) is 4.32. The summed E-state index contributed by atoms with van der Waals surface area (Å²) in [6.07, 6.45) is 4.53. The SMILES string of the molecule is Cc1cc(N2CCC3(CC2)C[C@H](c2ccccc2)C(=O)N3C)ncn1. The Labute approximate surface area is 148 Å². The first-order valence-electron chi connectivity index (χ1n) is 8.95. The van der Waals surface area contributed by atoms with Gasteiger partial charge in [0.05, 0.1) is 5.92 Å². The van der Waals surface area contributed by atoms with E-state index in [9.17, 15) is 4.79 Å². The molecule has 2 aliphatic rings. The zero-order chi connectivity index (χ0) is 17.4. The molecule has 2 aromatic rings. The lowest BCUT2D eigenvalue weighted by Crippen LogP contribution is -2.51. The van der Waals surface area contributed by atoms with Crippen LogP contribution < -0.4 is 4.90 Å². The quantitative estimate of drug-likeness (QED) is 0.846. The highest BCUT2D eigenvalue weighted by Gasteiger charge is 2.50. The predicted octanol–water partition coefficient (Wildman–Crippen LogP) is 2.77. The Bertz CT molecular complexity index is 768. The van der Waals surface area contributed by atoms with Crippen molar-refractivity contribution in [2.45, 2.75) is 37.6 Å². The Morgan fingerprint density at radius 1 is 1.12 bits per heavy atom. The number of likely N-dealkylation sites (tertiary alicyclic amines) is 1. The Balaban J connectivity index is 1.51. The molecule has 0 N–H and O–H groups in total. The van der Waals surface area contributed by atoms with E-state index in [1.165, 1.54) is 0 Å². The number of benzene rings is 1. The molecule has 3 heterocycles. The Kier molecular flexibility index (Phi) is 3.94. The van der Waals surface area contributed by atoms with E-state index in [4.69, 9.17) is 0 Å². The van der Waals surface area contributed by atoms with Crippen molar-refractivity contribution in [3.05, 3.63) is 54.0 Å². The summed E-state index contributed by atoms with van der Waals surface area (Å²) in [7, 11) is 1.98. The maximum Gasteiger partial charge on any atom is 0.230 e. The van der Waals surface area contributed by atoms with E-state index >= 15 is 0 Å². The first-order valence-corrected chi connectivity index (χ1v) is 8.95. The minimum Gasteiger partial charge on any atom is -0.356 e. The molecule has 1 spiro atoms. The molecule has 0 bridgehead atoms. The molecule has 5 heteroatoms. The summed E-state index contributed by atoms with van der Waals surface area (Å²) in [6.45, 7) is 3.84. The van der Waals surface area contributed by atoms with E-state index in [2.05, 4.69) is 27.0 Å². The summed E-state index contributed by atoms with van der Waals surface area (Å²) in [4.78, 5) is 25.8. The highest BCUT2D eigenvalue weighted by atomic mass is 16.2. The summed E-state index contributed by atoms with van der Waals surface area (Å²) < 4.78 is 0. The molecular formula is C20H24N4O. The largest absolute Gasteiger partial charge is 0.356 e. The highest BCUT2D eigenvalue weighted by molar-refractivity contribution is 5.87. The van der Waals surface area contributed by atoms with Gasteiger partial charge in [0.25, 0.3) is 0 Å². The number of rotatable bonds is 2. The Morgan fingerprint density at radius 2 is 1.84 bits per heavy atom. The minimum atomic E-state index is -0.0177. The molecule has 1 atom stereocenters. The number of hydrogen-bond donors (Lipinski definition) is 0. The van der Waals surface area contributed by atoms with Crippen LogP contribution in [0.1, 0.15) is 36.4 Å². The standard InChI is InChI=1S/C20H24N4O/c1-15-12-18(22-14-21-15)24-10-8-20(9-11-24)13-17(19(25)23(20)2)16-6-4-3-5-7-16/h3-7,12,14,17H,8-11,13H2,1-2H3/t17-/m1/s1. The first-order chi connectivity index (χ1) is 12.1. The van der Waals surface area contributed by atoms with Gasteiger partial charge in [-0.2, -0.15) is 0 Å². The minimum absolute atomic E-state index is 0.000885. The number of amides is 1. The fraction of sp³-hybridized carbons (Fsp3) is 0.450. The van der Waals surface area contributed by atoms with E-state index in [0.717, 1.165) is 49.4 Å². The number of hydrogen-bond acceptors (Lipinski definition) is 4. The van der Waals surface area contributed by atoms with Crippen molar-refractivity contribution >= 4 is 11.7 Å². The van der Waals surface area contributed by atoms with Crippen LogP contribution in [-0.4, -0.2) is 46.5 Å². The van der Waals surface area contributed by atoms with Crippen LogP contribution in [0, 0.1) is 6.92 Å². The van der Waals surface area contributed by atoms with Crippen LogP contribution >= 0.6 is 0 Å². The van der Waals surface area contributed by atoms with Gasteiger partial charge in [-0.25, -0.2) is 9.97 Å². The van der Waals surface area contributed by atoms with Gasteiger partial charge >= 0.3 is 0 Å². The van der Waals surface area contributed by atoms with E-state index in [0.29, 0.717) is 0 Å². The summed E-state index contributed by atoms with van der Waals surface area (Å²) in [5, 5.41) is 0. The highest BCUT2D eigenvalue weighted by Crippen LogP contribution is 2.45. The molecule has 0 saturated carbocycles. The maximum atomic E-state index is 12.9. The van der Waals surface area contributed by atoms with Crippen molar-refractivity contribution in [1.29, 1.82) is 0 Å². The van der Waals surface area contributed by atoms with Gasteiger partial charge in [-0.15, -0.1) is 0 Å². The maximum absolute atomic E-state index is 12.9. The molecule has 1 amide bonds. The number of carbonyl (C=O) groups is 1. The topological polar surface area (TPSA) is 49.3 Å². The third-order valence-corrected chi connectivity index (χ3v) is 5.93. The first kappa shape index (κ1) is 16.1. The molecule has 2 aliphatic heterocycles. The average Bonchev–Trinajstić information content (AvgIpc) is 2.89. The molecule has 1 aromatic carbocycles. The number of anilines is 1. The van der Waals surface area contributed by atoms with Crippen molar-refractivity contribution < 1.29 is 4.79 Å². The van der Waals surface area contributed by atoms with E-state index < -0.39 is 0 Å². The van der Waals surface area contributed by atoms with E-state index in [-0.39, 0.29) is 17.4 Å². The lowest BCUT2D eigenvalue weighted by molar-refractivity contribution is -0.131. The van der Waals surface area contributed by atoms with Gasteiger partial charge in [0.15, 0.2) is 0 Å². The summed E-state index contributed by atoms with van der Waals surface area (Å²) in [5.74, 6) is 1.26. The van der Waals surface area contributed by atoms with Crippen molar-refractivity contribution in [3.8, 4) is 0 Å². The number of piperidine rings is 1. The molecule has 130 valence electrons. The van der Waals surface area contributed by atoms with Gasteiger partial charge in [0.1, 0.15) is 12.1 Å². The summed E-state index contributed by atoms with van der Waals surface area (Å²) >= 11 is 0. The van der Waals surface area contributed by atoms with Crippen LogP contribution in [0.2, 0.25) is 0 Å². The summed E-state index contributed by atoms with van der Waals surface area (Å²) in [5.41, 5.74) is 2.11. The van der Waals surface area contributed by atoms with Gasteiger partial charge in [-0.05, 0) is 31.7 Å². The van der Waals surface area contributed by atoms with Crippen molar-refractivity contribution in [2.75, 3.05) is 25.0 Å². The van der Waals surface area contributed by atoms with Crippen molar-refractivity contribution in [3.63, 3.8) is 0 Å². The van der Waals surface area contributed by atoms with Crippen LogP contribution in [0.3, 0.4) is 0 Å². The molecule has 5 nitrogen and oxygen atoms in total. The number of aryl methyl sites for hydroxylation is 1. The molecular weight excluding hydrogens is 312 g/mol. The van der Waals surface area contributed by atoms with Crippen LogP contribution in [0.4, 0.5) is 5.82 Å². The molecule has 25 heavy (non-hydrogen) atoms. The van der Waals surface area contributed by atoms with Crippen molar-refractivity contribution in [2.24, 2.45) is 0 Å². The van der Waals surface area contributed by atoms with E-state index in [1.54, 1.807) is 6.33 Å². The normalized spacial score (nSPS) is 22.6. The molecule has 0 aliphatic carbocycles. The molecule has 4 rings (SSSR count). The van der Waals surface area contributed by atoms with Gasteiger partial charge in [0, 0.05) is 37.4 Å². The van der Waals surface area contributed by atoms with Gasteiger partial charge in [-0.3, -0.25) is 4.79 Å². The second-order valence-electron chi connectivity index (χ2n) is 7.29. The van der Waals surface area contributed by atoms with Crippen LogP contribution in [0.5, 0.6) is 0 Å². The van der Waals surface area contributed by atoms with E-state index in [1.807, 2.05) is 43.1 Å².